The number of nitrogens with zero attached hydrogens (tertiary/aromatic N) is 3. The fraction of sp³-hybridized carbons (Fsp3) is 0.440. The molecule has 0 amide bonds. The van der Waals surface area contributed by atoms with Crippen LogP contribution in [0.15, 0.2) is 30.3 Å². The Kier molecular flexibility index (Phi) is 7.71. The molecule has 206 valence electrons. The van der Waals surface area contributed by atoms with Crippen LogP contribution in [-0.4, -0.2) is 55.3 Å². The van der Waals surface area contributed by atoms with Gasteiger partial charge < -0.3 is 14.8 Å². The van der Waals surface area contributed by atoms with Crippen molar-refractivity contribution in [3.05, 3.63) is 53.1 Å². The Balaban J connectivity index is 1.67. The summed E-state index contributed by atoms with van der Waals surface area (Å²) < 4.78 is 91.5. The zero-order chi connectivity index (χ0) is 27.8. The van der Waals surface area contributed by atoms with E-state index in [1.54, 1.807) is 19.1 Å². The van der Waals surface area contributed by atoms with Gasteiger partial charge in [0.2, 0.25) is 10.0 Å². The van der Waals surface area contributed by atoms with E-state index >= 15 is 0 Å². The molecule has 0 radical (unpaired) electrons. The van der Waals surface area contributed by atoms with Crippen molar-refractivity contribution < 1.29 is 35.5 Å². The number of halogens is 4. The van der Waals surface area contributed by atoms with E-state index in [4.69, 9.17) is 9.47 Å². The van der Waals surface area contributed by atoms with E-state index < -0.39 is 33.6 Å². The molecule has 3 aromatic rings. The van der Waals surface area contributed by atoms with Crippen molar-refractivity contribution >= 4 is 26.7 Å². The summed E-state index contributed by atoms with van der Waals surface area (Å²) in [6.45, 7) is 3.70. The van der Waals surface area contributed by atoms with E-state index in [-0.39, 0.29) is 24.0 Å². The minimum atomic E-state index is -4.83. The van der Waals surface area contributed by atoms with E-state index in [1.807, 2.05) is 0 Å². The summed E-state index contributed by atoms with van der Waals surface area (Å²) in [7, 11) is -1.93. The number of hydrogen-bond donors (Lipinski definition) is 1. The summed E-state index contributed by atoms with van der Waals surface area (Å²) >= 11 is 0. The first-order chi connectivity index (χ1) is 17.8. The molecule has 1 N–H and O–H groups in total. The van der Waals surface area contributed by atoms with Crippen LogP contribution in [0.2, 0.25) is 0 Å². The minimum Gasteiger partial charge on any atom is -0.493 e. The van der Waals surface area contributed by atoms with Crippen LogP contribution < -0.4 is 14.8 Å². The van der Waals surface area contributed by atoms with Crippen LogP contribution >= 0.6 is 0 Å². The quantitative estimate of drug-likeness (QED) is 0.387. The van der Waals surface area contributed by atoms with E-state index in [0.29, 0.717) is 47.3 Å². The monoisotopic (exact) mass is 556 g/mol. The maximum absolute atomic E-state index is 14.8. The van der Waals surface area contributed by atoms with Gasteiger partial charge in [-0.25, -0.2) is 22.8 Å². The maximum atomic E-state index is 14.8. The number of ether oxygens (including phenoxy) is 2. The number of aromatic nitrogens is 2. The second-order valence-corrected chi connectivity index (χ2v) is 11.1. The summed E-state index contributed by atoms with van der Waals surface area (Å²) in [4.78, 5) is 8.81. The van der Waals surface area contributed by atoms with Crippen molar-refractivity contribution in [2.75, 3.05) is 31.8 Å². The average Bonchev–Trinajstić information content (AvgIpc) is 3.31. The van der Waals surface area contributed by atoms with Crippen molar-refractivity contribution in [1.82, 2.24) is 14.3 Å². The van der Waals surface area contributed by atoms with Gasteiger partial charge in [-0.2, -0.15) is 17.5 Å². The number of anilines is 1. The van der Waals surface area contributed by atoms with Crippen LogP contribution in [0, 0.1) is 12.7 Å². The largest absolute Gasteiger partial charge is 0.493 e. The third-order valence-electron chi connectivity index (χ3n) is 6.43. The highest BCUT2D eigenvalue weighted by Gasteiger charge is 2.35. The van der Waals surface area contributed by atoms with Gasteiger partial charge in [0, 0.05) is 23.6 Å². The van der Waals surface area contributed by atoms with Gasteiger partial charge in [0.15, 0.2) is 11.5 Å². The topological polar surface area (TPSA) is 93.7 Å². The number of aryl methyl sites for hydroxylation is 1. The predicted molar refractivity (Wildman–Crippen MR) is 134 cm³/mol. The number of methoxy groups -OCH3 is 1. The molecule has 1 fully saturated rings. The van der Waals surface area contributed by atoms with Crippen molar-refractivity contribution in [3.63, 3.8) is 0 Å². The highest BCUT2D eigenvalue weighted by atomic mass is 32.2. The normalized spacial score (nSPS) is 17.5. The molecule has 2 heterocycles. The second-order valence-electron chi connectivity index (χ2n) is 9.19. The molecular formula is C25H28F4N4O4S. The van der Waals surface area contributed by atoms with Crippen LogP contribution in [0.5, 0.6) is 11.5 Å². The smallest absolute Gasteiger partial charge is 0.419 e. The van der Waals surface area contributed by atoms with Crippen LogP contribution in [0.4, 0.5) is 23.4 Å². The number of rotatable bonds is 8. The molecule has 1 aliphatic rings. The molecule has 0 bridgehead atoms. The first-order valence-electron chi connectivity index (χ1n) is 11.9. The highest BCUT2D eigenvalue weighted by molar-refractivity contribution is 7.88. The van der Waals surface area contributed by atoms with Crippen molar-refractivity contribution in [3.8, 4) is 11.5 Å². The van der Waals surface area contributed by atoms with Crippen molar-refractivity contribution in [2.24, 2.45) is 0 Å². The van der Waals surface area contributed by atoms with Gasteiger partial charge in [-0.15, -0.1) is 0 Å². The molecule has 0 aliphatic carbocycles. The fourth-order valence-corrected chi connectivity index (χ4v) is 5.79. The van der Waals surface area contributed by atoms with Gasteiger partial charge in [0.25, 0.3) is 0 Å². The molecule has 38 heavy (non-hydrogen) atoms. The van der Waals surface area contributed by atoms with Crippen LogP contribution in [0.1, 0.15) is 42.8 Å². The second kappa shape index (κ2) is 10.5. The molecule has 8 nitrogen and oxygen atoms in total. The Morgan fingerprint density at radius 3 is 2.61 bits per heavy atom. The number of benzene rings is 2. The lowest BCUT2D eigenvalue weighted by Gasteiger charge is -2.23. The Morgan fingerprint density at radius 1 is 1.21 bits per heavy atom. The molecule has 1 aromatic heterocycles. The van der Waals surface area contributed by atoms with Crippen LogP contribution in [0.3, 0.4) is 0 Å². The molecule has 0 saturated carbocycles. The van der Waals surface area contributed by atoms with Gasteiger partial charge in [0.1, 0.15) is 24.1 Å². The third kappa shape index (κ3) is 5.78. The Bertz CT molecular complexity index is 1450. The van der Waals surface area contributed by atoms with E-state index in [1.165, 1.54) is 24.4 Å². The molecule has 1 saturated heterocycles. The maximum Gasteiger partial charge on any atom is 0.419 e. The van der Waals surface area contributed by atoms with Crippen LogP contribution in [0.25, 0.3) is 10.9 Å². The Labute approximate surface area is 218 Å². The van der Waals surface area contributed by atoms with Gasteiger partial charge in [0.05, 0.1) is 36.5 Å². The number of alkyl halides is 3. The van der Waals surface area contributed by atoms with Crippen molar-refractivity contribution in [1.29, 1.82) is 0 Å². The zero-order valence-corrected chi connectivity index (χ0v) is 22.1. The molecule has 1 unspecified atom stereocenters. The summed E-state index contributed by atoms with van der Waals surface area (Å²) in [5.41, 5.74) is -1.04. The number of fused-ring (bicyclic) bond motifs is 1. The first-order valence-corrected chi connectivity index (χ1v) is 13.7. The molecule has 0 spiro atoms. The molecule has 2 atom stereocenters. The first kappa shape index (κ1) is 27.8. The third-order valence-corrected chi connectivity index (χ3v) is 7.76. The summed E-state index contributed by atoms with van der Waals surface area (Å²) in [6, 6.07) is 5.17. The van der Waals surface area contributed by atoms with Gasteiger partial charge >= 0.3 is 6.18 Å². The number of hydrogen-bond acceptors (Lipinski definition) is 7. The summed E-state index contributed by atoms with van der Waals surface area (Å²) in [5, 5.41) is 3.48. The molecule has 2 aromatic carbocycles. The Morgan fingerprint density at radius 2 is 1.95 bits per heavy atom. The van der Waals surface area contributed by atoms with E-state index in [0.717, 1.165) is 18.7 Å². The molecule has 4 rings (SSSR count). The van der Waals surface area contributed by atoms with Gasteiger partial charge in [-0.05, 0) is 38.8 Å². The van der Waals surface area contributed by atoms with Crippen LogP contribution in [-0.2, 0) is 16.2 Å². The lowest BCUT2D eigenvalue weighted by Crippen LogP contribution is -2.38. The molecular weight excluding hydrogens is 528 g/mol. The zero-order valence-electron chi connectivity index (χ0n) is 21.3. The van der Waals surface area contributed by atoms with Crippen molar-refractivity contribution in [2.45, 2.75) is 44.9 Å². The average molecular weight is 557 g/mol. The number of nitrogens with one attached hydrogen (secondary N) is 1. The summed E-state index contributed by atoms with van der Waals surface area (Å²) in [6.07, 6.45) is -2.29. The molecule has 1 aliphatic heterocycles. The lowest BCUT2D eigenvalue weighted by molar-refractivity contribution is -0.140. The summed E-state index contributed by atoms with van der Waals surface area (Å²) in [5.74, 6) is -0.0333. The van der Waals surface area contributed by atoms with Gasteiger partial charge in [-0.3, -0.25) is 0 Å². The lowest BCUT2D eigenvalue weighted by atomic mass is 10.0. The van der Waals surface area contributed by atoms with Gasteiger partial charge in [-0.1, -0.05) is 12.1 Å². The Hall–Kier alpha value is -3.19. The predicted octanol–water partition coefficient (Wildman–Crippen LogP) is 5.08. The minimum absolute atomic E-state index is 0.0935. The van der Waals surface area contributed by atoms with E-state index in [2.05, 4.69) is 15.3 Å². The number of sulfonamides is 1. The SMILES string of the molecule is COc1cc2nc(C)nc(N[C@H](C)c3cccc(C(F)(F)F)c3F)c2cc1OCC1CCCN1S(C)(=O)=O. The fourth-order valence-electron chi connectivity index (χ4n) is 4.62. The standard InChI is InChI=1S/C25H28F4N4O4S/c1-14(17-8-5-9-19(23(17)26)25(27,28)29)30-24-18-11-22(21(36-3)12-20(18)31-15(2)32-24)37-13-16-7-6-10-33(16)38(4,34)35/h5,8-9,11-12,14,16H,6-7,10,13H2,1-4H3,(H,30,31,32)/t14-,16?/m1/s1. The highest BCUT2D eigenvalue weighted by Crippen LogP contribution is 2.37. The molecule has 13 heteroatoms. The van der Waals surface area contributed by atoms with E-state index in [9.17, 15) is 26.0 Å².